The van der Waals surface area contributed by atoms with Crippen molar-refractivity contribution in [3.63, 3.8) is 0 Å². The number of aryl methyl sites for hydroxylation is 4. The molecule has 0 amide bonds. The van der Waals surface area contributed by atoms with Gasteiger partial charge in [0.25, 0.3) is 0 Å². The molecule has 2 heteroatoms. The Morgan fingerprint density at radius 1 is 1.00 bits per heavy atom. The van der Waals surface area contributed by atoms with Crippen LogP contribution in [0.2, 0.25) is 0 Å². The highest BCUT2D eigenvalue weighted by Gasteiger charge is 2.12. The van der Waals surface area contributed by atoms with Crippen LogP contribution < -0.4 is 10.5 Å². The molecule has 3 rings (SSSR count). The number of nitrogens with two attached hydrogens (primary N) is 1. The van der Waals surface area contributed by atoms with Gasteiger partial charge in [0.2, 0.25) is 0 Å². The van der Waals surface area contributed by atoms with E-state index in [9.17, 15) is 0 Å². The second-order valence-corrected chi connectivity index (χ2v) is 6.05. The van der Waals surface area contributed by atoms with Gasteiger partial charge in [-0.2, -0.15) is 0 Å². The quantitative estimate of drug-likeness (QED) is 0.923. The molecule has 1 atom stereocenters. The summed E-state index contributed by atoms with van der Waals surface area (Å²) in [6.07, 6.45) is 3.65. The van der Waals surface area contributed by atoms with Crippen LogP contribution >= 0.6 is 0 Å². The Morgan fingerprint density at radius 2 is 1.81 bits per heavy atom. The zero-order valence-electron chi connectivity index (χ0n) is 12.9. The summed E-state index contributed by atoms with van der Waals surface area (Å²) in [5.41, 5.74) is 12.9. The van der Waals surface area contributed by atoms with Gasteiger partial charge in [0.15, 0.2) is 0 Å². The van der Waals surface area contributed by atoms with Crippen molar-refractivity contribution in [2.75, 3.05) is 6.61 Å². The minimum atomic E-state index is -0.0856. The van der Waals surface area contributed by atoms with E-state index in [4.69, 9.17) is 10.5 Å². The summed E-state index contributed by atoms with van der Waals surface area (Å²) in [7, 11) is 0. The smallest absolute Gasteiger partial charge is 0.119 e. The van der Waals surface area contributed by atoms with Crippen LogP contribution in [0, 0.1) is 13.8 Å². The van der Waals surface area contributed by atoms with E-state index < -0.39 is 0 Å². The first kappa shape index (κ1) is 14.2. The lowest BCUT2D eigenvalue weighted by atomic mass is 10.0. The zero-order valence-corrected chi connectivity index (χ0v) is 12.9. The number of hydrogen-bond donors (Lipinski definition) is 1. The highest BCUT2D eigenvalue weighted by atomic mass is 16.5. The van der Waals surface area contributed by atoms with Gasteiger partial charge in [-0.3, -0.25) is 0 Å². The predicted octanol–water partition coefficient (Wildman–Crippen LogP) is 3.87. The van der Waals surface area contributed by atoms with Gasteiger partial charge in [0.1, 0.15) is 12.4 Å². The van der Waals surface area contributed by atoms with Crippen LogP contribution in [0.1, 0.15) is 40.3 Å². The van der Waals surface area contributed by atoms with Crippen LogP contribution in [0.15, 0.2) is 36.4 Å². The van der Waals surface area contributed by atoms with Crippen molar-refractivity contribution in [3.8, 4) is 5.75 Å². The van der Waals surface area contributed by atoms with Gasteiger partial charge in [-0.15, -0.1) is 0 Å². The number of benzene rings is 2. The maximum atomic E-state index is 6.25. The molecule has 2 aromatic carbocycles. The molecule has 1 unspecified atom stereocenters. The Kier molecular flexibility index (Phi) is 3.98. The Hall–Kier alpha value is -1.80. The monoisotopic (exact) mass is 281 g/mol. The van der Waals surface area contributed by atoms with Gasteiger partial charge in [-0.25, -0.2) is 0 Å². The van der Waals surface area contributed by atoms with Crippen molar-refractivity contribution in [2.45, 2.75) is 39.2 Å². The fraction of sp³-hybridized carbons (Fsp3) is 0.368. The second kappa shape index (κ2) is 5.90. The Morgan fingerprint density at radius 3 is 2.62 bits per heavy atom. The largest absolute Gasteiger partial charge is 0.492 e. The van der Waals surface area contributed by atoms with Gasteiger partial charge < -0.3 is 10.5 Å². The van der Waals surface area contributed by atoms with E-state index in [0.29, 0.717) is 6.61 Å². The van der Waals surface area contributed by atoms with E-state index in [2.05, 4.69) is 50.2 Å². The second-order valence-electron chi connectivity index (χ2n) is 6.05. The maximum absolute atomic E-state index is 6.25. The van der Waals surface area contributed by atoms with Gasteiger partial charge in [-0.05, 0) is 73.1 Å². The molecule has 2 N–H and O–H groups in total. The van der Waals surface area contributed by atoms with Crippen molar-refractivity contribution < 1.29 is 4.74 Å². The molecule has 2 nitrogen and oxygen atoms in total. The van der Waals surface area contributed by atoms with Crippen LogP contribution in [0.3, 0.4) is 0 Å². The average molecular weight is 281 g/mol. The van der Waals surface area contributed by atoms with E-state index in [1.54, 1.807) is 0 Å². The molecule has 0 bridgehead atoms. The summed E-state index contributed by atoms with van der Waals surface area (Å²) in [5, 5.41) is 0. The van der Waals surface area contributed by atoms with E-state index in [-0.39, 0.29) is 6.04 Å². The topological polar surface area (TPSA) is 35.2 Å². The van der Waals surface area contributed by atoms with Crippen LogP contribution in [0.4, 0.5) is 0 Å². The molecule has 0 spiro atoms. The minimum Gasteiger partial charge on any atom is -0.492 e. The van der Waals surface area contributed by atoms with E-state index in [1.807, 2.05) is 0 Å². The summed E-state index contributed by atoms with van der Waals surface area (Å²) in [6, 6.07) is 12.7. The van der Waals surface area contributed by atoms with Gasteiger partial charge in [-0.1, -0.05) is 24.3 Å². The van der Waals surface area contributed by atoms with Crippen LogP contribution in [0.5, 0.6) is 5.75 Å². The molecule has 110 valence electrons. The van der Waals surface area contributed by atoms with Crippen molar-refractivity contribution >= 4 is 0 Å². The molecule has 0 aliphatic heterocycles. The Labute approximate surface area is 126 Å². The summed E-state index contributed by atoms with van der Waals surface area (Å²) in [5.74, 6) is 0.940. The van der Waals surface area contributed by atoms with Crippen LogP contribution in [-0.4, -0.2) is 6.61 Å². The van der Waals surface area contributed by atoms with Gasteiger partial charge in [0.05, 0.1) is 6.04 Å². The van der Waals surface area contributed by atoms with E-state index in [0.717, 1.165) is 11.3 Å². The SMILES string of the molecule is Cc1ccc(C(N)COc2ccc3c(c2)CCC3)cc1C. The third-order valence-electron chi connectivity index (χ3n) is 4.46. The fourth-order valence-electron chi connectivity index (χ4n) is 2.92. The lowest BCUT2D eigenvalue weighted by molar-refractivity contribution is 0.290. The molecule has 0 aromatic heterocycles. The molecule has 0 saturated heterocycles. The molecule has 21 heavy (non-hydrogen) atoms. The van der Waals surface area contributed by atoms with Crippen molar-refractivity contribution in [2.24, 2.45) is 5.73 Å². The molecule has 2 aromatic rings. The molecule has 0 fully saturated rings. The fourth-order valence-corrected chi connectivity index (χ4v) is 2.92. The Balaban J connectivity index is 1.65. The number of rotatable bonds is 4. The molecule has 0 saturated carbocycles. The highest BCUT2D eigenvalue weighted by molar-refractivity contribution is 5.38. The third-order valence-corrected chi connectivity index (χ3v) is 4.46. The standard InChI is InChI=1S/C19H23NO/c1-13-6-7-17(10-14(13)2)19(20)12-21-18-9-8-15-4-3-5-16(15)11-18/h6-11,19H,3-5,12,20H2,1-2H3. The van der Waals surface area contributed by atoms with E-state index >= 15 is 0 Å². The molecule has 0 heterocycles. The maximum Gasteiger partial charge on any atom is 0.119 e. The van der Waals surface area contributed by atoms with Gasteiger partial charge >= 0.3 is 0 Å². The normalized spacial score (nSPS) is 14.8. The summed E-state index contributed by atoms with van der Waals surface area (Å²) in [6.45, 7) is 4.75. The first-order valence-corrected chi connectivity index (χ1v) is 7.71. The summed E-state index contributed by atoms with van der Waals surface area (Å²) < 4.78 is 5.89. The molecule has 0 radical (unpaired) electrons. The highest BCUT2D eigenvalue weighted by Crippen LogP contribution is 2.26. The average Bonchev–Trinajstić information content (AvgIpc) is 2.95. The summed E-state index contributed by atoms with van der Waals surface area (Å²) in [4.78, 5) is 0. The third kappa shape index (κ3) is 3.11. The first-order valence-electron chi connectivity index (χ1n) is 7.71. The lowest BCUT2D eigenvalue weighted by Gasteiger charge is -2.15. The minimum absolute atomic E-state index is 0.0856. The predicted molar refractivity (Wildman–Crippen MR) is 86.8 cm³/mol. The number of ether oxygens (including phenoxy) is 1. The van der Waals surface area contributed by atoms with Crippen molar-refractivity contribution in [1.29, 1.82) is 0 Å². The Bertz CT molecular complexity index is 648. The first-order chi connectivity index (χ1) is 10.1. The van der Waals surface area contributed by atoms with Crippen LogP contribution in [0.25, 0.3) is 0 Å². The van der Waals surface area contributed by atoms with Crippen molar-refractivity contribution in [3.05, 3.63) is 64.2 Å². The number of hydrogen-bond acceptors (Lipinski definition) is 2. The lowest BCUT2D eigenvalue weighted by Crippen LogP contribution is -2.19. The molecule has 1 aliphatic carbocycles. The molecule has 1 aliphatic rings. The molecular formula is C19H23NO. The van der Waals surface area contributed by atoms with Gasteiger partial charge in [0, 0.05) is 0 Å². The number of fused-ring (bicyclic) bond motifs is 1. The zero-order chi connectivity index (χ0) is 14.8. The van der Waals surface area contributed by atoms with Crippen LogP contribution in [-0.2, 0) is 12.8 Å². The molecular weight excluding hydrogens is 258 g/mol. The summed E-state index contributed by atoms with van der Waals surface area (Å²) >= 11 is 0. The van der Waals surface area contributed by atoms with Crippen molar-refractivity contribution in [1.82, 2.24) is 0 Å². The van der Waals surface area contributed by atoms with E-state index in [1.165, 1.54) is 41.5 Å².